The molecule has 0 aliphatic carbocycles. The van der Waals surface area contributed by atoms with E-state index in [1.54, 1.807) is 30.6 Å². The maximum Gasteiger partial charge on any atom is 0.261 e. The van der Waals surface area contributed by atoms with Crippen LogP contribution in [0.25, 0.3) is 0 Å². The largest absolute Gasteiger partial charge is 0.482 e. The second-order valence-electron chi connectivity index (χ2n) is 5.39. The van der Waals surface area contributed by atoms with Gasteiger partial charge in [-0.05, 0) is 42.7 Å². The van der Waals surface area contributed by atoms with Crippen LogP contribution in [-0.2, 0) is 4.79 Å². The van der Waals surface area contributed by atoms with Gasteiger partial charge in [0.05, 0.1) is 11.1 Å². The zero-order chi connectivity index (χ0) is 16.2. The summed E-state index contributed by atoms with van der Waals surface area (Å²) in [5, 5.41) is 0.960. The van der Waals surface area contributed by atoms with Crippen molar-refractivity contribution in [3.8, 4) is 5.75 Å². The number of hydrogen-bond acceptors (Lipinski definition) is 3. The molecular weight excluding hydrogens is 335 g/mol. The predicted molar refractivity (Wildman–Crippen MR) is 89.9 cm³/mol. The monoisotopic (exact) mass is 350 g/mol. The van der Waals surface area contributed by atoms with E-state index in [4.69, 9.17) is 27.9 Å². The molecule has 1 aromatic carbocycles. The third-order valence-corrected chi connectivity index (χ3v) is 4.46. The van der Waals surface area contributed by atoms with Crippen LogP contribution in [0.15, 0.2) is 42.7 Å². The number of ether oxygens (including phenoxy) is 1. The molecular formula is C17H16Cl2N2O2. The van der Waals surface area contributed by atoms with Crippen LogP contribution in [0.1, 0.15) is 24.4 Å². The van der Waals surface area contributed by atoms with Crippen LogP contribution in [-0.4, -0.2) is 28.9 Å². The normalized spacial score (nSPS) is 17.3. The lowest BCUT2D eigenvalue weighted by atomic mass is 10.1. The number of hydrogen-bond donors (Lipinski definition) is 0. The topological polar surface area (TPSA) is 42.4 Å². The van der Waals surface area contributed by atoms with Gasteiger partial charge >= 0.3 is 0 Å². The van der Waals surface area contributed by atoms with Crippen LogP contribution in [0.5, 0.6) is 5.75 Å². The van der Waals surface area contributed by atoms with Gasteiger partial charge in [0.2, 0.25) is 0 Å². The summed E-state index contributed by atoms with van der Waals surface area (Å²) < 4.78 is 5.56. The smallest absolute Gasteiger partial charge is 0.261 e. The van der Waals surface area contributed by atoms with Gasteiger partial charge in [0.15, 0.2) is 6.61 Å². The van der Waals surface area contributed by atoms with Crippen molar-refractivity contribution >= 4 is 29.1 Å². The van der Waals surface area contributed by atoms with Gasteiger partial charge < -0.3 is 9.64 Å². The Balaban J connectivity index is 1.67. The van der Waals surface area contributed by atoms with E-state index in [-0.39, 0.29) is 18.6 Å². The minimum absolute atomic E-state index is 0.0539. The average Bonchev–Trinajstić information content (AvgIpc) is 3.06. The van der Waals surface area contributed by atoms with E-state index in [1.165, 1.54) is 0 Å². The second kappa shape index (κ2) is 7.20. The SMILES string of the molecule is O=C(COc1cc(Cl)ccc1Cl)N1CCCC1c1ccncc1. The molecule has 1 saturated heterocycles. The molecule has 120 valence electrons. The first-order valence-electron chi connectivity index (χ1n) is 7.42. The zero-order valence-electron chi connectivity index (χ0n) is 12.4. The van der Waals surface area contributed by atoms with Crippen molar-refractivity contribution in [2.75, 3.05) is 13.2 Å². The average molecular weight is 351 g/mol. The molecule has 1 fully saturated rings. The Morgan fingerprint density at radius 1 is 1.26 bits per heavy atom. The number of nitrogens with zero attached hydrogens (tertiary/aromatic N) is 2. The van der Waals surface area contributed by atoms with E-state index >= 15 is 0 Å². The summed E-state index contributed by atoms with van der Waals surface area (Å²) in [5.74, 6) is 0.368. The summed E-state index contributed by atoms with van der Waals surface area (Å²) >= 11 is 12.0. The van der Waals surface area contributed by atoms with Gasteiger partial charge in [-0.15, -0.1) is 0 Å². The van der Waals surface area contributed by atoms with Crippen molar-refractivity contribution in [3.05, 3.63) is 58.3 Å². The summed E-state index contributed by atoms with van der Waals surface area (Å²) in [6, 6.07) is 8.93. The fourth-order valence-electron chi connectivity index (χ4n) is 2.81. The number of pyridine rings is 1. The van der Waals surface area contributed by atoms with Crippen LogP contribution in [0, 0.1) is 0 Å². The molecule has 23 heavy (non-hydrogen) atoms. The maximum atomic E-state index is 12.5. The van der Waals surface area contributed by atoms with E-state index in [0.717, 1.165) is 24.9 Å². The van der Waals surface area contributed by atoms with Crippen LogP contribution in [0.4, 0.5) is 0 Å². The van der Waals surface area contributed by atoms with E-state index in [2.05, 4.69) is 4.98 Å². The van der Waals surface area contributed by atoms with Gasteiger partial charge in [0.1, 0.15) is 5.75 Å². The molecule has 0 radical (unpaired) electrons. The third kappa shape index (κ3) is 3.77. The lowest BCUT2D eigenvalue weighted by Crippen LogP contribution is -2.34. The Kier molecular flexibility index (Phi) is 5.03. The molecule has 1 unspecified atom stereocenters. The molecule has 0 saturated carbocycles. The Morgan fingerprint density at radius 2 is 2.04 bits per heavy atom. The van der Waals surface area contributed by atoms with Crippen LogP contribution < -0.4 is 4.74 Å². The highest BCUT2D eigenvalue weighted by Crippen LogP contribution is 2.32. The number of likely N-dealkylation sites (tertiary alicyclic amines) is 1. The Labute approximate surface area is 145 Å². The minimum Gasteiger partial charge on any atom is -0.482 e. The first-order chi connectivity index (χ1) is 11.1. The van der Waals surface area contributed by atoms with E-state index < -0.39 is 0 Å². The van der Waals surface area contributed by atoms with Crippen LogP contribution in [0.2, 0.25) is 10.0 Å². The summed E-state index contributed by atoms with van der Waals surface area (Å²) in [6.07, 6.45) is 5.43. The Hall–Kier alpha value is -1.78. The molecule has 2 heterocycles. The fourth-order valence-corrected chi connectivity index (χ4v) is 3.14. The molecule has 0 bridgehead atoms. The molecule has 1 atom stereocenters. The predicted octanol–water partition coefficient (Wildman–Crippen LogP) is 4.13. The summed E-state index contributed by atoms with van der Waals surface area (Å²) in [7, 11) is 0. The Morgan fingerprint density at radius 3 is 2.83 bits per heavy atom. The number of benzene rings is 1. The van der Waals surface area contributed by atoms with Gasteiger partial charge in [0.25, 0.3) is 5.91 Å². The molecule has 0 spiro atoms. The molecule has 1 aromatic heterocycles. The second-order valence-corrected chi connectivity index (χ2v) is 6.23. The number of amides is 1. The van der Waals surface area contributed by atoms with Crippen molar-refractivity contribution in [1.29, 1.82) is 0 Å². The molecule has 1 aliphatic heterocycles. The van der Waals surface area contributed by atoms with Gasteiger partial charge in [-0.3, -0.25) is 9.78 Å². The number of aromatic nitrogens is 1. The third-order valence-electron chi connectivity index (χ3n) is 3.91. The van der Waals surface area contributed by atoms with Crippen molar-refractivity contribution in [2.45, 2.75) is 18.9 Å². The van der Waals surface area contributed by atoms with E-state index in [9.17, 15) is 4.79 Å². The molecule has 0 N–H and O–H groups in total. The van der Waals surface area contributed by atoms with Gasteiger partial charge in [-0.25, -0.2) is 0 Å². The highest BCUT2D eigenvalue weighted by atomic mass is 35.5. The maximum absolute atomic E-state index is 12.5. The highest BCUT2D eigenvalue weighted by Gasteiger charge is 2.30. The molecule has 6 heteroatoms. The van der Waals surface area contributed by atoms with E-state index in [0.29, 0.717) is 15.8 Å². The zero-order valence-corrected chi connectivity index (χ0v) is 13.9. The number of carbonyl (C=O) groups is 1. The van der Waals surface area contributed by atoms with Crippen LogP contribution >= 0.6 is 23.2 Å². The number of carbonyl (C=O) groups excluding carboxylic acids is 1. The lowest BCUT2D eigenvalue weighted by Gasteiger charge is -2.25. The molecule has 2 aromatic rings. The molecule has 1 aliphatic rings. The minimum atomic E-state index is -0.0552. The van der Waals surface area contributed by atoms with Crippen LogP contribution in [0.3, 0.4) is 0 Å². The summed E-state index contributed by atoms with van der Waals surface area (Å²) in [6.45, 7) is 0.681. The van der Waals surface area contributed by atoms with Gasteiger partial charge in [0, 0.05) is 30.0 Å². The number of rotatable bonds is 4. The Bertz CT molecular complexity index is 694. The fraction of sp³-hybridized carbons (Fsp3) is 0.294. The molecule has 4 nitrogen and oxygen atoms in total. The van der Waals surface area contributed by atoms with Gasteiger partial charge in [-0.2, -0.15) is 0 Å². The van der Waals surface area contributed by atoms with Gasteiger partial charge in [-0.1, -0.05) is 23.2 Å². The first-order valence-corrected chi connectivity index (χ1v) is 8.18. The van der Waals surface area contributed by atoms with Crippen molar-refractivity contribution in [1.82, 2.24) is 9.88 Å². The highest BCUT2D eigenvalue weighted by molar-refractivity contribution is 6.34. The van der Waals surface area contributed by atoms with Crippen molar-refractivity contribution in [3.63, 3.8) is 0 Å². The summed E-state index contributed by atoms with van der Waals surface area (Å²) in [4.78, 5) is 18.4. The number of halogens is 2. The molecule has 1 amide bonds. The lowest BCUT2D eigenvalue weighted by molar-refractivity contribution is -0.134. The summed E-state index contributed by atoms with van der Waals surface area (Å²) in [5.41, 5.74) is 1.10. The quantitative estimate of drug-likeness (QED) is 0.832. The van der Waals surface area contributed by atoms with Crippen molar-refractivity contribution < 1.29 is 9.53 Å². The standard InChI is InChI=1S/C17H16Cl2N2O2/c18-13-3-4-14(19)16(10-13)23-11-17(22)21-9-1-2-15(21)12-5-7-20-8-6-12/h3-8,10,15H,1-2,9,11H2. The van der Waals surface area contributed by atoms with E-state index in [1.807, 2.05) is 17.0 Å². The van der Waals surface area contributed by atoms with Crippen molar-refractivity contribution in [2.24, 2.45) is 0 Å². The first kappa shape index (κ1) is 16.1. The molecule has 3 rings (SSSR count).